The number of hydrogen-bond donors (Lipinski definition) is 1. The molecule has 1 aromatic carbocycles. The van der Waals surface area contributed by atoms with Crippen molar-refractivity contribution in [3.05, 3.63) is 60.4 Å². The van der Waals surface area contributed by atoms with Crippen molar-refractivity contribution in [1.29, 1.82) is 0 Å². The second-order valence-electron chi connectivity index (χ2n) is 3.97. The van der Waals surface area contributed by atoms with Gasteiger partial charge in [-0.1, -0.05) is 24.3 Å². The fourth-order valence-corrected chi connectivity index (χ4v) is 1.57. The molecule has 1 aromatic heterocycles. The van der Waals surface area contributed by atoms with Gasteiger partial charge in [-0.2, -0.15) is 0 Å². The number of aliphatic carboxylic acids is 1. The molecule has 92 valence electrons. The van der Waals surface area contributed by atoms with Crippen LogP contribution in [0.3, 0.4) is 0 Å². The molecule has 1 heterocycles. The van der Waals surface area contributed by atoms with E-state index in [1.165, 1.54) is 6.92 Å². The molecular weight excluding hydrogens is 230 g/mol. The first-order valence-electron chi connectivity index (χ1n) is 5.52. The van der Waals surface area contributed by atoms with Crippen molar-refractivity contribution < 1.29 is 14.6 Å². The summed E-state index contributed by atoms with van der Waals surface area (Å²) < 4.78 is 5.59. The highest BCUT2D eigenvalue weighted by atomic mass is 16.5. The van der Waals surface area contributed by atoms with Gasteiger partial charge in [0.1, 0.15) is 5.75 Å². The molecule has 1 unspecified atom stereocenters. The predicted molar refractivity (Wildman–Crippen MR) is 66.3 cm³/mol. The standard InChI is InChI=1S/C14H13NO3/c1-14(13(16)17,12-9-5-6-10-15-12)18-11-7-3-2-4-8-11/h2-10H,1H3,(H,16,17). The van der Waals surface area contributed by atoms with Gasteiger partial charge in [-0.15, -0.1) is 0 Å². The topological polar surface area (TPSA) is 59.4 Å². The molecule has 0 fully saturated rings. The number of benzene rings is 1. The van der Waals surface area contributed by atoms with Crippen LogP contribution in [0.15, 0.2) is 54.7 Å². The summed E-state index contributed by atoms with van der Waals surface area (Å²) in [6.07, 6.45) is 1.55. The van der Waals surface area contributed by atoms with Gasteiger partial charge in [0.15, 0.2) is 0 Å². The van der Waals surface area contributed by atoms with Gasteiger partial charge in [-0.3, -0.25) is 4.98 Å². The summed E-state index contributed by atoms with van der Waals surface area (Å²) in [4.78, 5) is 15.5. The molecule has 0 aliphatic rings. The van der Waals surface area contributed by atoms with Crippen molar-refractivity contribution in [3.8, 4) is 5.75 Å². The molecule has 4 nitrogen and oxygen atoms in total. The number of carbonyl (C=O) groups is 1. The van der Waals surface area contributed by atoms with Crippen molar-refractivity contribution in [1.82, 2.24) is 4.98 Å². The van der Waals surface area contributed by atoms with Crippen molar-refractivity contribution in [2.24, 2.45) is 0 Å². The lowest BCUT2D eigenvalue weighted by atomic mass is 10.0. The fraction of sp³-hybridized carbons (Fsp3) is 0.143. The molecular formula is C14H13NO3. The number of carboxylic acid groups (broad SMARTS) is 1. The van der Waals surface area contributed by atoms with Crippen LogP contribution in [0.2, 0.25) is 0 Å². The molecule has 0 aliphatic carbocycles. The van der Waals surface area contributed by atoms with Crippen LogP contribution < -0.4 is 4.74 Å². The van der Waals surface area contributed by atoms with Crippen LogP contribution in [-0.4, -0.2) is 16.1 Å². The lowest BCUT2D eigenvalue weighted by molar-refractivity contribution is -0.155. The third kappa shape index (κ3) is 2.32. The molecule has 4 heteroatoms. The summed E-state index contributed by atoms with van der Waals surface area (Å²) in [5, 5.41) is 9.38. The third-order valence-corrected chi connectivity index (χ3v) is 2.63. The Balaban J connectivity index is 2.37. The zero-order valence-electron chi connectivity index (χ0n) is 9.91. The van der Waals surface area contributed by atoms with Crippen LogP contribution in [0.25, 0.3) is 0 Å². The zero-order chi connectivity index (χ0) is 13.0. The van der Waals surface area contributed by atoms with Crippen LogP contribution in [0, 0.1) is 0 Å². The summed E-state index contributed by atoms with van der Waals surface area (Å²) in [5.74, 6) is -0.585. The first-order chi connectivity index (χ1) is 8.63. The summed E-state index contributed by atoms with van der Waals surface area (Å²) in [7, 11) is 0. The Morgan fingerprint density at radius 1 is 1.17 bits per heavy atom. The summed E-state index contributed by atoms with van der Waals surface area (Å²) in [5.41, 5.74) is -1.14. The SMILES string of the molecule is CC(Oc1ccccc1)(C(=O)O)c1ccccn1. The molecule has 2 rings (SSSR count). The Labute approximate surface area is 105 Å². The van der Waals surface area contributed by atoms with Crippen LogP contribution in [0.4, 0.5) is 0 Å². The lowest BCUT2D eigenvalue weighted by Crippen LogP contribution is -2.39. The molecule has 0 bridgehead atoms. The van der Waals surface area contributed by atoms with Crippen LogP contribution in [-0.2, 0) is 10.4 Å². The first-order valence-corrected chi connectivity index (χ1v) is 5.52. The smallest absolute Gasteiger partial charge is 0.354 e. The van der Waals surface area contributed by atoms with E-state index in [0.717, 1.165) is 0 Å². The maximum atomic E-state index is 11.5. The zero-order valence-corrected chi connectivity index (χ0v) is 9.91. The monoisotopic (exact) mass is 243 g/mol. The van der Waals surface area contributed by atoms with E-state index in [1.54, 1.807) is 48.7 Å². The van der Waals surface area contributed by atoms with E-state index in [-0.39, 0.29) is 0 Å². The largest absolute Gasteiger partial charge is 0.478 e. The van der Waals surface area contributed by atoms with Gasteiger partial charge >= 0.3 is 5.97 Å². The summed E-state index contributed by atoms with van der Waals surface area (Å²) in [6.45, 7) is 1.49. The highest BCUT2D eigenvalue weighted by Crippen LogP contribution is 2.26. The number of para-hydroxylation sites is 1. The minimum atomic E-state index is -1.50. The Morgan fingerprint density at radius 3 is 2.39 bits per heavy atom. The minimum Gasteiger partial charge on any atom is -0.478 e. The van der Waals surface area contributed by atoms with Crippen molar-refractivity contribution in [3.63, 3.8) is 0 Å². The third-order valence-electron chi connectivity index (χ3n) is 2.63. The van der Waals surface area contributed by atoms with Gasteiger partial charge < -0.3 is 9.84 Å². The van der Waals surface area contributed by atoms with Crippen molar-refractivity contribution in [2.75, 3.05) is 0 Å². The summed E-state index contributed by atoms with van der Waals surface area (Å²) >= 11 is 0. The maximum Gasteiger partial charge on any atom is 0.354 e. The van der Waals surface area contributed by atoms with Gasteiger partial charge in [-0.25, -0.2) is 4.79 Å². The number of rotatable bonds is 4. The van der Waals surface area contributed by atoms with Gasteiger partial charge in [-0.05, 0) is 31.2 Å². The molecule has 0 saturated heterocycles. The lowest BCUT2D eigenvalue weighted by Gasteiger charge is -2.25. The van der Waals surface area contributed by atoms with Crippen molar-refractivity contribution in [2.45, 2.75) is 12.5 Å². The second kappa shape index (κ2) is 4.87. The molecule has 2 aromatic rings. The molecule has 0 radical (unpaired) electrons. The average molecular weight is 243 g/mol. The van der Waals surface area contributed by atoms with Gasteiger partial charge in [0.2, 0.25) is 5.60 Å². The molecule has 0 aliphatic heterocycles. The number of pyridine rings is 1. The Hall–Kier alpha value is -2.36. The van der Waals surface area contributed by atoms with E-state index in [0.29, 0.717) is 11.4 Å². The van der Waals surface area contributed by atoms with Crippen LogP contribution >= 0.6 is 0 Å². The number of carboxylic acids is 1. The van der Waals surface area contributed by atoms with E-state index in [1.807, 2.05) is 6.07 Å². The Kier molecular flexibility index (Phi) is 3.28. The quantitative estimate of drug-likeness (QED) is 0.896. The normalized spacial score (nSPS) is 13.6. The molecule has 18 heavy (non-hydrogen) atoms. The second-order valence-corrected chi connectivity index (χ2v) is 3.97. The molecule has 0 amide bonds. The minimum absolute atomic E-state index is 0.362. The van der Waals surface area contributed by atoms with E-state index >= 15 is 0 Å². The average Bonchev–Trinajstić information content (AvgIpc) is 2.40. The first kappa shape index (κ1) is 12.1. The van der Waals surface area contributed by atoms with Gasteiger partial charge in [0.05, 0.1) is 5.69 Å². The highest BCUT2D eigenvalue weighted by Gasteiger charge is 2.39. The summed E-state index contributed by atoms with van der Waals surface area (Å²) in [6, 6.07) is 13.9. The van der Waals surface area contributed by atoms with E-state index < -0.39 is 11.6 Å². The van der Waals surface area contributed by atoms with Gasteiger partial charge in [0.25, 0.3) is 0 Å². The predicted octanol–water partition coefficient (Wildman–Crippen LogP) is 2.46. The number of hydrogen-bond acceptors (Lipinski definition) is 3. The van der Waals surface area contributed by atoms with E-state index in [4.69, 9.17) is 4.74 Å². The molecule has 1 N–H and O–H groups in total. The number of nitrogens with zero attached hydrogens (tertiary/aromatic N) is 1. The highest BCUT2D eigenvalue weighted by molar-refractivity contribution is 5.78. The maximum absolute atomic E-state index is 11.5. The van der Waals surface area contributed by atoms with Crippen LogP contribution in [0.5, 0.6) is 5.75 Å². The van der Waals surface area contributed by atoms with E-state index in [2.05, 4.69) is 4.98 Å². The van der Waals surface area contributed by atoms with E-state index in [9.17, 15) is 9.90 Å². The van der Waals surface area contributed by atoms with Crippen molar-refractivity contribution >= 4 is 5.97 Å². The molecule has 0 spiro atoms. The fourth-order valence-electron chi connectivity index (χ4n) is 1.57. The molecule has 1 atom stereocenters. The van der Waals surface area contributed by atoms with Crippen LogP contribution in [0.1, 0.15) is 12.6 Å². The van der Waals surface area contributed by atoms with Gasteiger partial charge in [0, 0.05) is 6.20 Å². The Bertz CT molecular complexity index is 527. The Morgan fingerprint density at radius 2 is 1.83 bits per heavy atom. The molecule has 0 saturated carbocycles. The number of ether oxygens (including phenoxy) is 1. The number of aromatic nitrogens is 1.